The maximum atomic E-state index is 12.8. The molecule has 0 saturated heterocycles. The quantitative estimate of drug-likeness (QED) is 0.646. The second-order valence-corrected chi connectivity index (χ2v) is 5.57. The average Bonchev–Trinajstić information content (AvgIpc) is 2.38. The number of carbonyl (C=O) groups is 1. The van der Waals surface area contributed by atoms with Crippen molar-refractivity contribution < 1.29 is 23.1 Å². The van der Waals surface area contributed by atoms with Gasteiger partial charge in [0.15, 0.2) is 11.4 Å². The van der Waals surface area contributed by atoms with Crippen LogP contribution in [0.4, 0.5) is 13.2 Å². The molecule has 1 rings (SSSR count). The Labute approximate surface area is 119 Å². The lowest BCUT2D eigenvalue weighted by Crippen LogP contribution is -2.46. The summed E-state index contributed by atoms with van der Waals surface area (Å²) in [6, 6.07) is 3.25. The highest BCUT2D eigenvalue weighted by molar-refractivity contribution is 7.99. The molecule has 0 aliphatic heterocycles. The van der Waals surface area contributed by atoms with E-state index in [-0.39, 0.29) is 5.69 Å². The largest absolute Gasteiger partial charge is 0.417 e. The van der Waals surface area contributed by atoms with E-state index >= 15 is 0 Å². The molecule has 112 valence electrons. The molecule has 0 saturated carbocycles. The molecule has 0 aliphatic carbocycles. The van der Waals surface area contributed by atoms with E-state index in [0.29, 0.717) is 10.6 Å². The lowest BCUT2D eigenvalue weighted by atomic mass is 9.92. The summed E-state index contributed by atoms with van der Waals surface area (Å²) in [4.78, 5) is 16.4. The van der Waals surface area contributed by atoms with Crippen LogP contribution in [0.3, 0.4) is 0 Å². The van der Waals surface area contributed by atoms with Crippen LogP contribution in [-0.2, 0) is 0 Å². The van der Waals surface area contributed by atoms with E-state index in [1.165, 1.54) is 24.9 Å². The number of aromatic nitrogens is 1. The Bertz CT molecular complexity index is 479. The molecular formula is C13H16F3NO2S. The van der Waals surface area contributed by atoms with Crippen LogP contribution in [0.2, 0.25) is 0 Å². The summed E-state index contributed by atoms with van der Waals surface area (Å²) in [6.07, 6.45) is -5.08. The Morgan fingerprint density at radius 1 is 1.40 bits per heavy atom. The van der Waals surface area contributed by atoms with Crippen LogP contribution in [0.5, 0.6) is 0 Å². The molecule has 0 aliphatic rings. The van der Waals surface area contributed by atoms with Crippen LogP contribution in [0.25, 0.3) is 0 Å². The summed E-state index contributed by atoms with van der Waals surface area (Å²) in [5.74, 6) is -0.133. The van der Waals surface area contributed by atoms with Crippen LogP contribution >= 0.6 is 11.8 Å². The van der Waals surface area contributed by atoms with Gasteiger partial charge in [-0.3, -0.25) is 9.78 Å². The molecule has 1 N–H and O–H groups in total. The summed E-state index contributed by atoms with van der Waals surface area (Å²) in [6.45, 7) is 3.06. The van der Waals surface area contributed by atoms with E-state index in [9.17, 15) is 23.1 Å². The minimum Gasteiger partial charge on any atom is -0.380 e. The van der Waals surface area contributed by atoms with Crippen molar-refractivity contribution in [1.82, 2.24) is 4.98 Å². The normalized spacial score (nSPS) is 14.9. The molecule has 0 aromatic carbocycles. The predicted molar refractivity (Wildman–Crippen MR) is 70.9 cm³/mol. The van der Waals surface area contributed by atoms with Gasteiger partial charge in [-0.1, -0.05) is 13.8 Å². The number of hydrogen-bond acceptors (Lipinski definition) is 4. The predicted octanol–water partition coefficient (Wildman–Crippen LogP) is 3.47. The molecule has 0 spiro atoms. The van der Waals surface area contributed by atoms with Crippen molar-refractivity contribution in [3.05, 3.63) is 24.0 Å². The minimum atomic E-state index is -4.84. The van der Waals surface area contributed by atoms with Crippen LogP contribution in [0, 0.1) is 0 Å². The smallest absolute Gasteiger partial charge is 0.380 e. The number of thioether (sulfide) groups is 1. The summed E-state index contributed by atoms with van der Waals surface area (Å²) >= 11 is 1.33. The first-order chi connectivity index (χ1) is 9.25. The van der Waals surface area contributed by atoms with Gasteiger partial charge in [0.1, 0.15) is 5.69 Å². The van der Waals surface area contributed by atoms with Gasteiger partial charge in [-0.05, 0) is 24.3 Å². The zero-order valence-corrected chi connectivity index (χ0v) is 12.0. The van der Waals surface area contributed by atoms with Crippen molar-refractivity contribution in [2.24, 2.45) is 0 Å². The van der Waals surface area contributed by atoms with E-state index in [1.807, 2.05) is 6.92 Å². The van der Waals surface area contributed by atoms with Crippen LogP contribution < -0.4 is 0 Å². The van der Waals surface area contributed by atoms with E-state index in [1.54, 1.807) is 12.1 Å². The average molecular weight is 307 g/mol. The number of nitrogens with zero attached hydrogens (tertiary/aromatic N) is 1. The molecule has 1 unspecified atom stereocenters. The molecule has 3 nitrogen and oxygen atoms in total. The first-order valence-corrected chi connectivity index (χ1v) is 7.14. The summed E-state index contributed by atoms with van der Waals surface area (Å²) in [7, 11) is 0. The lowest BCUT2D eigenvalue weighted by molar-refractivity contribution is -0.259. The van der Waals surface area contributed by atoms with Gasteiger partial charge in [0.05, 0.1) is 6.42 Å². The fourth-order valence-corrected chi connectivity index (χ4v) is 2.44. The first kappa shape index (κ1) is 17.0. The van der Waals surface area contributed by atoms with E-state index < -0.39 is 30.4 Å². The second kappa shape index (κ2) is 6.58. The van der Waals surface area contributed by atoms with Gasteiger partial charge < -0.3 is 5.11 Å². The molecule has 1 aromatic rings. The number of ketones is 1. The standard InChI is InChI=1S/C13H16F3NO2S/c1-3-12(19,13(14,15)16)8-9(18)11-10(20-4-2)6-5-7-17-11/h5-7,19H,3-4,8H2,1-2H3. The SMILES string of the molecule is CCSc1cccnc1C(=O)CC(O)(CC)C(F)(F)F. The molecule has 7 heteroatoms. The number of halogens is 3. The monoisotopic (exact) mass is 307 g/mol. The Balaban J connectivity index is 3.02. The zero-order valence-electron chi connectivity index (χ0n) is 11.2. The first-order valence-electron chi connectivity index (χ1n) is 6.15. The number of Topliss-reactive ketones (excluding diaryl/α,β-unsaturated/α-hetero) is 1. The van der Waals surface area contributed by atoms with Gasteiger partial charge in [-0.15, -0.1) is 11.8 Å². The Morgan fingerprint density at radius 3 is 2.55 bits per heavy atom. The van der Waals surface area contributed by atoms with Gasteiger partial charge in [-0.25, -0.2) is 0 Å². The fourth-order valence-electron chi connectivity index (χ4n) is 1.65. The number of alkyl halides is 3. The lowest BCUT2D eigenvalue weighted by Gasteiger charge is -2.28. The number of pyridine rings is 1. The van der Waals surface area contributed by atoms with Crippen molar-refractivity contribution in [3.8, 4) is 0 Å². The molecule has 0 fully saturated rings. The van der Waals surface area contributed by atoms with Gasteiger partial charge in [0.25, 0.3) is 0 Å². The highest BCUT2D eigenvalue weighted by Gasteiger charge is 2.53. The van der Waals surface area contributed by atoms with Crippen molar-refractivity contribution in [2.45, 2.75) is 43.4 Å². The number of aliphatic hydroxyl groups is 1. The number of carbonyl (C=O) groups excluding carboxylic acids is 1. The third kappa shape index (κ3) is 3.73. The summed E-state index contributed by atoms with van der Waals surface area (Å²) in [5, 5.41) is 9.63. The van der Waals surface area contributed by atoms with Crippen molar-refractivity contribution >= 4 is 17.5 Å². The van der Waals surface area contributed by atoms with Crippen molar-refractivity contribution in [2.75, 3.05) is 5.75 Å². The maximum Gasteiger partial charge on any atom is 0.417 e. The zero-order chi connectivity index (χ0) is 15.4. The minimum absolute atomic E-state index is 0.0181. The number of rotatable bonds is 6. The number of hydrogen-bond donors (Lipinski definition) is 1. The topological polar surface area (TPSA) is 50.2 Å². The van der Waals surface area contributed by atoms with E-state index in [2.05, 4.69) is 4.98 Å². The highest BCUT2D eigenvalue weighted by Crippen LogP contribution is 2.37. The van der Waals surface area contributed by atoms with Crippen LogP contribution in [0.1, 0.15) is 37.2 Å². The summed E-state index contributed by atoms with van der Waals surface area (Å²) < 4.78 is 38.4. The molecule has 1 heterocycles. The highest BCUT2D eigenvalue weighted by atomic mass is 32.2. The van der Waals surface area contributed by atoms with Gasteiger partial charge in [-0.2, -0.15) is 13.2 Å². The Hall–Kier alpha value is -1.08. The van der Waals surface area contributed by atoms with E-state index in [0.717, 1.165) is 0 Å². The van der Waals surface area contributed by atoms with Gasteiger partial charge in [0.2, 0.25) is 0 Å². The third-order valence-electron chi connectivity index (χ3n) is 2.90. The van der Waals surface area contributed by atoms with Crippen LogP contribution in [0.15, 0.2) is 23.2 Å². The Morgan fingerprint density at radius 2 is 2.05 bits per heavy atom. The molecule has 20 heavy (non-hydrogen) atoms. The second-order valence-electron chi connectivity index (χ2n) is 4.27. The molecule has 0 amide bonds. The summed E-state index contributed by atoms with van der Waals surface area (Å²) in [5.41, 5.74) is -3.02. The van der Waals surface area contributed by atoms with E-state index in [4.69, 9.17) is 0 Å². The van der Waals surface area contributed by atoms with Gasteiger partial charge >= 0.3 is 6.18 Å². The maximum absolute atomic E-state index is 12.8. The van der Waals surface area contributed by atoms with Gasteiger partial charge in [0, 0.05) is 11.1 Å². The molecule has 1 aromatic heterocycles. The van der Waals surface area contributed by atoms with Crippen molar-refractivity contribution in [1.29, 1.82) is 0 Å². The molecule has 0 radical (unpaired) electrons. The molecule has 0 bridgehead atoms. The third-order valence-corrected chi connectivity index (χ3v) is 3.83. The fraction of sp³-hybridized carbons (Fsp3) is 0.538. The Kier molecular flexibility index (Phi) is 5.59. The molecule has 1 atom stereocenters. The molecular weight excluding hydrogens is 291 g/mol. The van der Waals surface area contributed by atoms with Crippen LogP contribution in [-0.4, -0.2) is 33.4 Å². The van der Waals surface area contributed by atoms with Crippen molar-refractivity contribution in [3.63, 3.8) is 0 Å².